The van der Waals surface area contributed by atoms with E-state index in [4.69, 9.17) is 5.73 Å². The van der Waals surface area contributed by atoms with Crippen molar-refractivity contribution < 1.29 is 0 Å². The van der Waals surface area contributed by atoms with Crippen molar-refractivity contribution in [2.45, 2.75) is 51.9 Å². The molecule has 3 nitrogen and oxygen atoms in total. The molecule has 1 heterocycles. The Hall–Kier alpha value is -0.990. The van der Waals surface area contributed by atoms with Gasteiger partial charge in [-0.3, -0.25) is 5.10 Å². The van der Waals surface area contributed by atoms with E-state index >= 15 is 0 Å². The third-order valence-corrected chi connectivity index (χ3v) is 3.92. The second-order valence-corrected chi connectivity index (χ2v) is 4.77. The summed E-state index contributed by atoms with van der Waals surface area (Å²) >= 11 is 0. The Morgan fingerprint density at radius 1 is 1.33 bits per heavy atom. The molecule has 0 unspecified atom stereocenters. The number of hydrogen-bond donors (Lipinski definition) is 2. The van der Waals surface area contributed by atoms with Crippen LogP contribution in [0.3, 0.4) is 0 Å². The topological polar surface area (TPSA) is 54.7 Å². The monoisotopic (exact) mass is 207 g/mol. The van der Waals surface area contributed by atoms with E-state index in [1.165, 1.54) is 37.8 Å². The van der Waals surface area contributed by atoms with Crippen LogP contribution in [0.25, 0.3) is 0 Å². The molecule has 0 amide bonds. The van der Waals surface area contributed by atoms with Crippen molar-refractivity contribution in [1.82, 2.24) is 10.2 Å². The van der Waals surface area contributed by atoms with E-state index in [-0.39, 0.29) is 0 Å². The Labute approximate surface area is 91.4 Å². The van der Waals surface area contributed by atoms with Gasteiger partial charge in [0.05, 0.1) is 0 Å². The zero-order chi connectivity index (χ0) is 10.8. The summed E-state index contributed by atoms with van der Waals surface area (Å²) in [5, 5.41) is 7.18. The fourth-order valence-corrected chi connectivity index (χ4v) is 2.68. The summed E-state index contributed by atoms with van der Waals surface area (Å²) in [6, 6.07) is 0. The molecule has 0 saturated heterocycles. The molecular weight excluding hydrogens is 186 g/mol. The molecule has 3 heteroatoms. The van der Waals surface area contributed by atoms with Gasteiger partial charge in [-0.05, 0) is 38.5 Å². The summed E-state index contributed by atoms with van der Waals surface area (Å²) in [6.07, 6.45) is 6.64. The largest absolute Gasteiger partial charge is 0.382 e. The van der Waals surface area contributed by atoms with E-state index < -0.39 is 0 Å². The van der Waals surface area contributed by atoms with Crippen LogP contribution in [-0.4, -0.2) is 10.2 Å². The van der Waals surface area contributed by atoms with Gasteiger partial charge in [0.25, 0.3) is 0 Å². The van der Waals surface area contributed by atoms with Crippen LogP contribution >= 0.6 is 0 Å². The summed E-state index contributed by atoms with van der Waals surface area (Å²) in [4.78, 5) is 0. The van der Waals surface area contributed by atoms with Gasteiger partial charge in [-0.15, -0.1) is 0 Å². The Kier molecular flexibility index (Phi) is 2.98. The Morgan fingerprint density at radius 2 is 2.00 bits per heavy atom. The first kappa shape index (κ1) is 10.5. The van der Waals surface area contributed by atoms with Crippen LogP contribution in [0.4, 0.5) is 5.82 Å². The van der Waals surface area contributed by atoms with E-state index in [1.54, 1.807) is 0 Å². The lowest BCUT2D eigenvalue weighted by atomic mass is 9.79. The first-order valence-corrected chi connectivity index (χ1v) is 6.02. The Morgan fingerprint density at radius 3 is 2.47 bits per heavy atom. The molecule has 3 N–H and O–H groups in total. The molecule has 15 heavy (non-hydrogen) atoms. The molecule has 0 atom stereocenters. The van der Waals surface area contributed by atoms with Crippen molar-refractivity contribution in [3.8, 4) is 0 Å². The summed E-state index contributed by atoms with van der Waals surface area (Å²) in [6.45, 7) is 4.37. The molecule has 84 valence electrons. The fraction of sp³-hybridized carbons (Fsp3) is 0.750. The molecule has 1 aliphatic rings. The standard InChI is InChI=1S/C12H21N3/c1-3-9-4-6-10(7-5-9)11-8(2)12(13)15-14-11/h9-10H,3-7H2,1-2H3,(H3,13,14,15). The van der Waals surface area contributed by atoms with Crippen LogP contribution < -0.4 is 5.73 Å². The number of aromatic nitrogens is 2. The second kappa shape index (κ2) is 4.25. The molecule has 1 saturated carbocycles. The van der Waals surface area contributed by atoms with Crippen LogP contribution in [0.1, 0.15) is 56.2 Å². The number of anilines is 1. The van der Waals surface area contributed by atoms with Gasteiger partial charge >= 0.3 is 0 Å². The van der Waals surface area contributed by atoms with Crippen molar-refractivity contribution in [2.75, 3.05) is 5.73 Å². The minimum absolute atomic E-state index is 0.664. The van der Waals surface area contributed by atoms with Crippen LogP contribution in [0, 0.1) is 12.8 Å². The molecule has 1 aromatic rings. The van der Waals surface area contributed by atoms with E-state index in [9.17, 15) is 0 Å². The first-order valence-electron chi connectivity index (χ1n) is 6.02. The van der Waals surface area contributed by atoms with Gasteiger partial charge in [-0.25, -0.2) is 0 Å². The Bertz CT molecular complexity index is 322. The van der Waals surface area contributed by atoms with Gasteiger partial charge in [0, 0.05) is 17.2 Å². The number of rotatable bonds is 2. The lowest BCUT2D eigenvalue weighted by molar-refractivity contribution is 0.315. The average molecular weight is 207 g/mol. The summed E-state index contributed by atoms with van der Waals surface area (Å²) < 4.78 is 0. The van der Waals surface area contributed by atoms with Crippen LogP contribution in [0.2, 0.25) is 0 Å². The molecule has 1 aromatic heterocycles. The number of H-pyrrole nitrogens is 1. The summed E-state index contributed by atoms with van der Waals surface area (Å²) in [5.74, 6) is 2.28. The fourth-order valence-electron chi connectivity index (χ4n) is 2.68. The third kappa shape index (κ3) is 2.01. The SMILES string of the molecule is CCC1CCC(c2[nH]nc(N)c2C)CC1. The van der Waals surface area contributed by atoms with E-state index in [2.05, 4.69) is 24.0 Å². The quantitative estimate of drug-likeness (QED) is 0.783. The molecule has 0 aliphatic heterocycles. The lowest BCUT2D eigenvalue weighted by Crippen LogP contribution is -2.13. The predicted molar refractivity (Wildman–Crippen MR) is 62.7 cm³/mol. The Balaban J connectivity index is 2.04. The van der Waals surface area contributed by atoms with Gasteiger partial charge in [-0.2, -0.15) is 5.10 Å². The van der Waals surface area contributed by atoms with Crippen LogP contribution in [0.5, 0.6) is 0 Å². The van der Waals surface area contributed by atoms with Crippen molar-refractivity contribution in [2.24, 2.45) is 5.92 Å². The highest BCUT2D eigenvalue weighted by atomic mass is 15.2. The van der Waals surface area contributed by atoms with Crippen LogP contribution in [-0.2, 0) is 0 Å². The van der Waals surface area contributed by atoms with Gasteiger partial charge in [0.15, 0.2) is 0 Å². The number of nitrogens with two attached hydrogens (primary N) is 1. The highest BCUT2D eigenvalue weighted by molar-refractivity contribution is 5.42. The number of nitrogens with one attached hydrogen (secondary N) is 1. The van der Waals surface area contributed by atoms with Gasteiger partial charge < -0.3 is 5.73 Å². The predicted octanol–water partition coefficient (Wildman–Crippen LogP) is 2.98. The van der Waals surface area contributed by atoms with Crippen molar-refractivity contribution in [1.29, 1.82) is 0 Å². The molecule has 0 radical (unpaired) electrons. The molecule has 1 aliphatic carbocycles. The zero-order valence-electron chi connectivity index (χ0n) is 9.71. The van der Waals surface area contributed by atoms with E-state index in [0.717, 1.165) is 11.5 Å². The maximum Gasteiger partial charge on any atom is 0.148 e. The molecule has 0 bridgehead atoms. The average Bonchev–Trinajstić information content (AvgIpc) is 2.60. The third-order valence-electron chi connectivity index (χ3n) is 3.92. The number of nitrogen functional groups attached to an aromatic ring is 1. The van der Waals surface area contributed by atoms with Gasteiger partial charge in [0.1, 0.15) is 5.82 Å². The summed E-state index contributed by atoms with van der Waals surface area (Å²) in [7, 11) is 0. The zero-order valence-corrected chi connectivity index (χ0v) is 9.71. The highest BCUT2D eigenvalue weighted by Gasteiger charge is 2.24. The van der Waals surface area contributed by atoms with Gasteiger partial charge in [0.2, 0.25) is 0 Å². The lowest BCUT2D eigenvalue weighted by Gasteiger charge is -2.27. The number of aromatic amines is 1. The number of hydrogen-bond acceptors (Lipinski definition) is 2. The number of nitrogens with zero attached hydrogens (tertiary/aromatic N) is 1. The van der Waals surface area contributed by atoms with Gasteiger partial charge in [-0.1, -0.05) is 13.3 Å². The molecule has 0 aromatic carbocycles. The van der Waals surface area contributed by atoms with Crippen molar-refractivity contribution >= 4 is 5.82 Å². The molecule has 0 spiro atoms. The van der Waals surface area contributed by atoms with Crippen LogP contribution in [0.15, 0.2) is 0 Å². The molecule has 2 rings (SSSR count). The van der Waals surface area contributed by atoms with Crippen molar-refractivity contribution in [3.63, 3.8) is 0 Å². The minimum Gasteiger partial charge on any atom is -0.382 e. The normalized spacial score (nSPS) is 26.8. The first-order chi connectivity index (χ1) is 7.22. The maximum absolute atomic E-state index is 5.76. The highest BCUT2D eigenvalue weighted by Crippen LogP contribution is 2.37. The molecule has 1 fully saturated rings. The molecular formula is C12H21N3. The second-order valence-electron chi connectivity index (χ2n) is 4.77. The summed E-state index contributed by atoms with van der Waals surface area (Å²) in [5.41, 5.74) is 8.20. The minimum atomic E-state index is 0.664. The van der Waals surface area contributed by atoms with E-state index in [0.29, 0.717) is 11.7 Å². The van der Waals surface area contributed by atoms with Crippen molar-refractivity contribution in [3.05, 3.63) is 11.3 Å². The van der Waals surface area contributed by atoms with E-state index in [1.807, 2.05) is 0 Å². The smallest absolute Gasteiger partial charge is 0.148 e. The maximum atomic E-state index is 5.76.